The van der Waals surface area contributed by atoms with Crippen molar-refractivity contribution >= 4 is 22.0 Å². The molecular formula is C11H15BrN2O4. The van der Waals surface area contributed by atoms with Gasteiger partial charge in [-0.25, -0.2) is 9.78 Å². The first-order valence-electron chi connectivity index (χ1n) is 5.21. The van der Waals surface area contributed by atoms with E-state index in [9.17, 15) is 4.79 Å². The van der Waals surface area contributed by atoms with E-state index in [0.717, 1.165) is 0 Å². The number of pyridine rings is 1. The zero-order valence-electron chi connectivity index (χ0n) is 10.4. The van der Waals surface area contributed by atoms with Crippen molar-refractivity contribution in [3.8, 4) is 11.6 Å². The van der Waals surface area contributed by atoms with Crippen LogP contribution in [0.4, 0.5) is 4.79 Å². The fraction of sp³-hybridized carbons (Fsp3) is 0.455. The first-order valence-corrected chi connectivity index (χ1v) is 6.00. The number of amides is 1. The van der Waals surface area contributed by atoms with E-state index < -0.39 is 12.2 Å². The third kappa shape index (κ3) is 3.76. The average Bonchev–Trinajstić information content (AvgIpc) is 2.29. The molecule has 0 aromatic carbocycles. The van der Waals surface area contributed by atoms with Gasteiger partial charge in [0.1, 0.15) is 11.9 Å². The molecule has 0 radical (unpaired) electrons. The van der Waals surface area contributed by atoms with Crippen LogP contribution >= 0.6 is 15.9 Å². The molecule has 1 atom stereocenters. The summed E-state index contributed by atoms with van der Waals surface area (Å²) >= 11 is 3.32. The van der Waals surface area contributed by atoms with Crippen LogP contribution in [-0.4, -0.2) is 31.4 Å². The molecule has 0 spiro atoms. The van der Waals surface area contributed by atoms with Gasteiger partial charge in [0, 0.05) is 12.5 Å². The van der Waals surface area contributed by atoms with E-state index in [0.29, 0.717) is 28.2 Å². The highest BCUT2D eigenvalue weighted by molar-refractivity contribution is 9.10. The summed E-state index contributed by atoms with van der Waals surface area (Å²) in [5.74, 6) is 1.03. The Morgan fingerprint density at radius 1 is 1.50 bits per heavy atom. The largest absolute Gasteiger partial charge is 0.495 e. The van der Waals surface area contributed by atoms with Crippen LogP contribution in [0, 0.1) is 0 Å². The van der Waals surface area contributed by atoms with Gasteiger partial charge in [-0.2, -0.15) is 0 Å². The summed E-state index contributed by atoms with van der Waals surface area (Å²) in [6.45, 7) is 1.72. The highest BCUT2D eigenvalue weighted by Crippen LogP contribution is 2.30. The number of carbonyl (C=O) groups is 1. The second kappa shape index (κ2) is 6.44. The SMILES string of the molecule is COc1cc(Br)c(OC)nc1CC(C)OC(N)=O. The van der Waals surface area contributed by atoms with Gasteiger partial charge in [0.2, 0.25) is 5.88 Å². The summed E-state index contributed by atoms with van der Waals surface area (Å²) in [6, 6.07) is 1.75. The zero-order valence-corrected chi connectivity index (χ0v) is 12.0. The molecule has 0 aliphatic heterocycles. The maximum absolute atomic E-state index is 10.6. The Kier molecular flexibility index (Phi) is 5.21. The van der Waals surface area contributed by atoms with E-state index >= 15 is 0 Å². The summed E-state index contributed by atoms with van der Waals surface area (Å²) in [7, 11) is 3.06. The molecule has 1 rings (SSSR count). The normalized spacial score (nSPS) is 11.8. The Hall–Kier alpha value is -1.50. The van der Waals surface area contributed by atoms with Gasteiger partial charge in [0.25, 0.3) is 0 Å². The lowest BCUT2D eigenvalue weighted by Gasteiger charge is -2.14. The molecule has 1 aromatic rings. The third-order valence-electron chi connectivity index (χ3n) is 2.19. The number of hydrogen-bond donors (Lipinski definition) is 1. The number of primary amides is 1. The lowest BCUT2D eigenvalue weighted by Crippen LogP contribution is -2.22. The molecule has 6 nitrogen and oxygen atoms in total. The standard InChI is InChI=1S/C11H15BrN2O4/c1-6(18-11(13)15)4-8-9(16-2)5-7(12)10(14-8)17-3/h5-6H,4H2,1-3H3,(H2,13,15). The van der Waals surface area contributed by atoms with Crippen molar-refractivity contribution in [3.05, 3.63) is 16.2 Å². The van der Waals surface area contributed by atoms with Crippen LogP contribution in [0.15, 0.2) is 10.5 Å². The molecular weight excluding hydrogens is 304 g/mol. The molecule has 1 aromatic heterocycles. The van der Waals surface area contributed by atoms with Gasteiger partial charge in [-0.05, 0) is 22.9 Å². The summed E-state index contributed by atoms with van der Waals surface area (Å²) in [5, 5.41) is 0. The van der Waals surface area contributed by atoms with Crippen LogP contribution in [0.1, 0.15) is 12.6 Å². The van der Waals surface area contributed by atoms with Gasteiger partial charge in [-0.3, -0.25) is 0 Å². The number of nitrogens with zero attached hydrogens (tertiary/aromatic N) is 1. The van der Waals surface area contributed by atoms with Gasteiger partial charge < -0.3 is 19.9 Å². The molecule has 0 bridgehead atoms. The molecule has 1 amide bonds. The van der Waals surface area contributed by atoms with Crippen LogP contribution in [0.2, 0.25) is 0 Å². The van der Waals surface area contributed by atoms with Crippen molar-refractivity contribution in [1.29, 1.82) is 0 Å². The number of hydrogen-bond acceptors (Lipinski definition) is 5. The van der Waals surface area contributed by atoms with Crippen molar-refractivity contribution in [3.63, 3.8) is 0 Å². The fourth-order valence-electron chi connectivity index (χ4n) is 1.47. The molecule has 100 valence electrons. The minimum Gasteiger partial charge on any atom is -0.495 e. The lowest BCUT2D eigenvalue weighted by atomic mass is 10.2. The molecule has 0 aliphatic carbocycles. The van der Waals surface area contributed by atoms with Crippen LogP contribution in [0.5, 0.6) is 11.6 Å². The second-order valence-electron chi connectivity index (χ2n) is 3.58. The van der Waals surface area contributed by atoms with Crippen molar-refractivity contribution in [2.45, 2.75) is 19.4 Å². The molecule has 18 heavy (non-hydrogen) atoms. The summed E-state index contributed by atoms with van der Waals surface area (Å²) in [4.78, 5) is 14.9. The van der Waals surface area contributed by atoms with E-state index in [4.69, 9.17) is 19.9 Å². The van der Waals surface area contributed by atoms with Gasteiger partial charge in [-0.15, -0.1) is 0 Å². The highest BCUT2D eigenvalue weighted by atomic mass is 79.9. The number of carbonyl (C=O) groups excluding carboxylic acids is 1. The summed E-state index contributed by atoms with van der Waals surface area (Å²) in [5.41, 5.74) is 5.58. The van der Waals surface area contributed by atoms with Crippen LogP contribution < -0.4 is 15.2 Å². The predicted molar refractivity (Wildman–Crippen MR) is 68.9 cm³/mol. The van der Waals surface area contributed by atoms with Crippen LogP contribution in [-0.2, 0) is 11.2 Å². The molecule has 7 heteroatoms. The van der Waals surface area contributed by atoms with Crippen molar-refractivity contribution in [1.82, 2.24) is 4.98 Å². The maximum atomic E-state index is 10.6. The van der Waals surface area contributed by atoms with E-state index in [2.05, 4.69) is 20.9 Å². The lowest BCUT2D eigenvalue weighted by molar-refractivity contribution is 0.115. The molecule has 1 heterocycles. The number of methoxy groups -OCH3 is 2. The Morgan fingerprint density at radius 3 is 2.67 bits per heavy atom. The molecule has 0 saturated heterocycles. The Bertz CT molecular complexity index is 439. The molecule has 0 aliphatic rings. The fourth-order valence-corrected chi connectivity index (χ4v) is 1.93. The Balaban J connectivity index is 2.95. The van der Waals surface area contributed by atoms with Crippen molar-refractivity contribution in [2.24, 2.45) is 5.73 Å². The van der Waals surface area contributed by atoms with Crippen molar-refractivity contribution in [2.75, 3.05) is 14.2 Å². The van der Waals surface area contributed by atoms with Crippen LogP contribution in [0.3, 0.4) is 0 Å². The quantitative estimate of drug-likeness (QED) is 0.896. The highest BCUT2D eigenvalue weighted by Gasteiger charge is 2.16. The van der Waals surface area contributed by atoms with E-state index in [1.54, 1.807) is 20.1 Å². The molecule has 2 N–H and O–H groups in total. The Labute approximate surface area is 114 Å². The van der Waals surface area contributed by atoms with E-state index in [-0.39, 0.29) is 0 Å². The monoisotopic (exact) mass is 318 g/mol. The minimum absolute atomic E-state index is 0.385. The van der Waals surface area contributed by atoms with E-state index in [1.807, 2.05) is 0 Å². The number of rotatable bonds is 5. The molecule has 0 saturated carbocycles. The van der Waals surface area contributed by atoms with Gasteiger partial charge in [0.15, 0.2) is 0 Å². The predicted octanol–water partition coefficient (Wildman–Crippen LogP) is 1.89. The van der Waals surface area contributed by atoms with Gasteiger partial charge >= 0.3 is 6.09 Å². The first kappa shape index (κ1) is 14.6. The third-order valence-corrected chi connectivity index (χ3v) is 2.76. The van der Waals surface area contributed by atoms with Gasteiger partial charge in [-0.1, -0.05) is 0 Å². The minimum atomic E-state index is -0.814. The van der Waals surface area contributed by atoms with Gasteiger partial charge in [0.05, 0.1) is 24.4 Å². The number of halogens is 1. The Morgan fingerprint density at radius 2 is 2.17 bits per heavy atom. The van der Waals surface area contributed by atoms with E-state index in [1.165, 1.54) is 7.11 Å². The maximum Gasteiger partial charge on any atom is 0.404 e. The average molecular weight is 319 g/mol. The zero-order chi connectivity index (χ0) is 13.7. The number of nitrogens with two attached hydrogens (primary N) is 1. The van der Waals surface area contributed by atoms with Crippen molar-refractivity contribution < 1.29 is 19.0 Å². The first-order chi connectivity index (χ1) is 8.47. The summed E-state index contributed by atoms with van der Waals surface area (Å²) in [6.07, 6.45) is -0.823. The molecule has 1 unspecified atom stereocenters. The number of ether oxygens (including phenoxy) is 3. The molecule has 0 fully saturated rings. The second-order valence-corrected chi connectivity index (χ2v) is 4.43. The number of aromatic nitrogens is 1. The smallest absolute Gasteiger partial charge is 0.404 e. The summed E-state index contributed by atoms with van der Waals surface area (Å²) < 4.78 is 15.9. The topological polar surface area (TPSA) is 83.7 Å². The van der Waals surface area contributed by atoms with Crippen LogP contribution in [0.25, 0.3) is 0 Å².